The van der Waals surface area contributed by atoms with E-state index in [1.165, 1.54) is 12.3 Å². The number of aliphatic hydroxyl groups excluding tert-OH is 1. The van der Waals surface area contributed by atoms with Crippen molar-refractivity contribution in [2.24, 2.45) is 0 Å². The van der Waals surface area contributed by atoms with Crippen molar-refractivity contribution in [2.45, 2.75) is 37.8 Å². The molecule has 2 rings (SSSR count). The van der Waals surface area contributed by atoms with Crippen molar-refractivity contribution in [3.05, 3.63) is 17.8 Å². The van der Waals surface area contributed by atoms with E-state index in [4.69, 9.17) is 15.8 Å². The number of nitrogens with one attached hydrogen (secondary N) is 1. The second kappa shape index (κ2) is 6.21. The Balaban J connectivity index is 2.07. The number of hydrogen-bond acceptors (Lipinski definition) is 6. The molecule has 0 unspecified atom stereocenters. The Bertz CT molecular complexity index is 490. The van der Waals surface area contributed by atoms with Gasteiger partial charge in [0.15, 0.2) is 0 Å². The van der Waals surface area contributed by atoms with Gasteiger partial charge in [0.2, 0.25) is 0 Å². The fourth-order valence-corrected chi connectivity index (χ4v) is 2.30. The predicted molar refractivity (Wildman–Crippen MR) is 74.2 cm³/mol. The zero-order valence-electron chi connectivity index (χ0n) is 11.0. The van der Waals surface area contributed by atoms with E-state index in [1.54, 1.807) is 0 Å². The van der Waals surface area contributed by atoms with Gasteiger partial charge in [-0.3, -0.25) is 4.79 Å². The minimum atomic E-state index is -1.69. The van der Waals surface area contributed by atoms with Crippen molar-refractivity contribution in [3.63, 3.8) is 0 Å². The highest BCUT2D eigenvalue weighted by atomic mass is 16.4. The molecule has 20 heavy (non-hydrogen) atoms. The summed E-state index contributed by atoms with van der Waals surface area (Å²) < 4.78 is 0. The Kier molecular flexibility index (Phi) is 4.59. The average molecular weight is 279 g/mol. The summed E-state index contributed by atoms with van der Waals surface area (Å²) in [6.45, 7) is 0. The molecule has 0 saturated heterocycles. The highest BCUT2D eigenvalue weighted by molar-refractivity contribution is 6.58. The van der Waals surface area contributed by atoms with Crippen molar-refractivity contribution in [1.29, 1.82) is 0 Å². The largest absolute Gasteiger partial charge is 0.490 e. The van der Waals surface area contributed by atoms with E-state index < -0.39 is 7.12 Å². The molecule has 108 valence electrons. The molecule has 0 aromatic carbocycles. The van der Waals surface area contributed by atoms with Gasteiger partial charge in [-0.05, 0) is 31.7 Å². The molecular weight excluding hydrogens is 261 g/mol. The first-order valence-corrected chi connectivity index (χ1v) is 6.58. The number of carbonyl (C=O) groups excluding carboxylic acids is 1. The van der Waals surface area contributed by atoms with Crippen molar-refractivity contribution < 1.29 is 19.9 Å². The van der Waals surface area contributed by atoms with Crippen molar-refractivity contribution in [3.8, 4) is 0 Å². The summed E-state index contributed by atoms with van der Waals surface area (Å²) in [5, 5.41) is 30.4. The van der Waals surface area contributed by atoms with E-state index >= 15 is 0 Å². The summed E-state index contributed by atoms with van der Waals surface area (Å²) >= 11 is 0. The second-order valence-electron chi connectivity index (χ2n) is 5.05. The second-order valence-corrected chi connectivity index (χ2v) is 5.05. The van der Waals surface area contributed by atoms with Crippen LogP contribution >= 0.6 is 0 Å². The number of nitrogen functional groups attached to an aromatic ring is 1. The molecule has 1 amide bonds. The zero-order valence-corrected chi connectivity index (χ0v) is 11.0. The SMILES string of the molecule is Nc1ncc(B(O)O)cc1C(=O)NC1CCC(O)CC1. The van der Waals surface area contributed by atoms with Crippen LogP contribution in [0.3, 0.4) is 0 Å². The molecule has 6 N–H and O–H groups in total. The molecule has 1 aliphatic rings. The number of nitrogens with two attached hydrogens (primary N) is 1. The molecule has 0 atom stereocenters. The number of aliphatic hydroxyl groups is 1. The average Bonchev–Trinajstić information content (AvgIpc) is 2.41. The summed E-state index contributed by atoms with van der Waals surface area (Å²) in [5.41, 5.74) is 5.88. The highest BCUT2D eigenvalue weighted by Crippen LogP contribution is 2.19. The summed E-state index contributed by atoms with van der Waals surface area (Å²) in [7, 11) is -1.69. The lowest BCUT2D eigenvalue weighted by molar-refractivity contribution is 0.0868. The molecule has 7 nitrogen and oxygen atoms in total. The van der Waals surface area contributed by atoms with Crippen LogP contribution in [0.4, 0.5) is 5.82 Å². The van der Waals surface area contributed by atoms with Gasteiger partial charge in [-0.25, -0.2) is 4.98 Å². The van der Waals surface area contributed by atoms with Gasteiger partial charge >= 0.3 is 7.12 Å². The molecule has 1 aliphatic carbocycles. The molecule has 1 heterocycles. The fraction of sp³-hybridized carbons (Fsp3) is 0.500. The quantitative estimate of drug-likeness (QED) is 0.423. The van der Waals surface area contributed by atoms with Crippen LogP contribution in [-0.2, 0) is 0 Å². The Labute approximate surface area is 117 Å². The maximum Gasteiger partial charge on any atom is 0.490 e. The minimum Gasteiger partial charge on any atom is -0.423 e. The van der Waals surface area contributed by atoms with Crippen molar-refractivity contribution in [2.75, 3.05) is 5.73 Å². The summed E-state index contributed by atoms with van der Waals surface area (Å²) in [4.78, 5) is 15.9. The molecule has 0 radical (unpaired) electrons. The molecule has 0 spiro atoms. The molecule has 1 aromatic rings. The molecular formula is C12H18BN3O4. The van der Waals surface area contributed by atoms with Crippen LogP contribution in [0, 0.1) is 0 Å². The summed E-state index contributed by atoms with van der Waals surface area (Å²) in [6, 6.07) is 1.31. The first-order valence-electron chi connectivity index (χ1n) is 6.58. The third-order valence-corrected chi connectivity index (χ3v) is 3.51. The van der Waals surface area contributed by atoms with E-state index in [-0.39, 0.29) is 34.9 Å². The molecule has 1 aromatic heterocycles. The van der Waals surface area contributed by atoms with Gasteiger partial charge in [0.1, 0.15) is 5.82 Å². The number of hydrogen-bond donors (Lipinski definition) is 5. The van der Waals surface area contributed by atoms with Gasteiger partial charge in [-0.2, -0.15) is 0 Å². The third-order valence-electron chi connectivity index (χ3n) is 3.51. The van der Waals surface area contributed by atoms with Gasteiger partial charge in [0, 0.05) is 17.7 Å². The van der Waals surface area contributed by atoms with Crippen LogP contribution in [-0.4, -0.2) is 45.3 Å². The number of aromatic nitrogens is 1. The lowest BCUT2D eigenvalue weighted by atomic mass is 9.81. The van der Waals surface area contributed by atoms with Gasteiger partial charge in [-0.1, -0.05) is 0 Å². The van der Waals surface area contributed by atoms with Crippen LogP contribution in [0.1, 0.15) is 36.0 Å². The van der Waals surface area contributed by atoms with Gasteiger partial charge < -0.3 is 26.2 Å². The summed E-state index contributed by atoms with van der Waals surface area (Å²) in [5.74, 6) is -0.346. The molecule has 0 aliphatic heterocycles. The van der Waals surface area contributed by atoms with E-state index in [2.05, 4.69) is 10.3 Å². The van der Waals surface area contributed by atoms with E-state index in [9.17, 15) is 9.90 Å². The number of anilines is 1. The topological polar surface area (TPSA) is 129 Å². The Morgan fingerprint density at radius 2 is 2.00 bits per heavy atom. The van der Waals surface area contributed by atoms with Crippen LogP contribution in [0.5, 0.6) is 0 Å². The molecule has 1 fully saturated rings. The number of pyridine rings is 1. The van der Waals surface area contributed by atoms with E-state index in [0.29, 0.717) is 25.7 Å². The van der Waals surface area contributed by atoms with Gasteiger partial charge in [0.05, 0.1) is 11.7 Å². The minimum absolute atomic E-state index is 0.00648. The van der Waals surface area contributed by atoms with Crippen LogP contribution in [0.25, 0.3) is 0 Å². The van der Waals surface area contributed by atoms with E-state index in [0.717, 1.165) is 0 Å². The Morgan fingerprint density at radius 1 is 1.35 bits per heavy atom. The maximum absolute atomic E-state index is 12.1. The lowest BCUT2D eigenvalue weighted by Crippen LogP contribution is -2.40. The lowest BCUT2D eigenvalue weighted by Gasteiger charge is -2.26. The molecule has 1 saturated carbocycles. The van der Waals surface area contributed by atoms with Gasteiger partial charge in [-0.15, -0.1) is 0 Å². The number of amides is 1. The number of nitrogens with zero attached hydrogens (tertiary/aromatic N) is 1. The van der Waals surface area contributed by atoms with E-state index in [1.807, 2.05) is 0 Å². The standard InChI is InChI=1S/C12H18BN3O4/c14-11-10(5-7(6-15-11)13(19)20)12(18)16-8-1-3-9(17)4-2-8/h5-6,8-9,17,19-20H,1-4H2,(H2,14,15)(H,16,18). The van der Waals surface area contributed by atoms with Crippen LogP contribution in [0.2, 0.25) is 0 Å². The fourth-order valence-electron chi connectivity index (χ4n) is 2.30. The maximum atomic E-state index is 12.1. The summed E-state index contributed by atoms with van der Waals surface area (Å²) in [6.07, 6.45) is 3.67. The van der Waals surface area contributed by atoms with Gasteiger partial charge in [0.25, 0.3) is 5.91 Å². The number of carbonyl (C=O) groups is 1. The Morgan fingerprint density at radius 3 is 2.60 bits per heavy atom. The normalized spacial score (nSPS) is 22.4. The molecule has 8 heteroatoms. The molecule has 0 bridgehead atoms. The van der Waals surface area contributed by atoms with Crippen LogP contribution in [0.15, 0.2) is 12.3 Å². The number of rotatable bonds is 3. The van der Waals surface area contributed by atoms with Crippen molar-refractivity contribution in [1.82, 2.24) is 10.3 Å². The third kappa shape index (κ3) is 3.47. The smallest absolute Gasteiger partial charge is 0.423 e. The monoisotopic (exact) mass is 279 g/mol. The highest BCUT2D eigenvalue weighted by Gasteiger charge is 2.23. The Hall–Kier alpha value is -1.64. The first kappa shape index (κ1) is 14.8. The predicted octanol–water partition coefficient (Wildman–Crippen LogP) is -1.62. The first-order chi connectivity index (χ1) is 9.47. The van der Waals surface area contributed by atoms with Crippen molar-refractivity contribution >= 4 is 24.3 Å². The zero-order chi connectivity index (χ0) is 14.7. The van der Waals surface area contributed by atoms with Crippen LogP contribution < -0.4 is 16.5 Å².